The third-order valence-corrected chi connectivity index (χ3v) is 3.13. The highest BCUT2D eigenvalue weighted by Gasteiger charge is 2.24. The molecule has 0 amide bonds. The molecule has 1 aromatic rings. The molecule has 2 N–H and O–H groups in total. The standard InChI is InChI=1S/C13H19NO2/c1-10-12(7-8-16-10)14-9-13(15)11-5-3-2-4-6-11/h2-6,10,12-15H,7-9H2,1H3. The summed E-state index contributed by atoms with van der Waals surface area (Å²) in [5.41, 5.74) is 0.960. The SMILES string of the molecule is CC1OCCC1NCC(O)c1ccccc1. The van der Waals surface area contributed by atoms with Crippen molar-refractivity contribution >= 4 is 0 Å². The lowest BCUT2D eigenvalue weighted by Crippen LogP contribution is -2.37. The Kier molecular flexibility index (Phi) is 3.93. The first-order valence-corrected chi connectivity index (χ1v) is 5.85. The molecule has 0 spiro atoms. The van der Waals surface area contributed by atoms with Crippen molar-refractivity contribution in [3.05, 3.63) is 35.9 Å². The number of hydrogen-bond donors (Lipinski definition) is 2. The number of rotatable bonds is 4. The zero-order chi connectivity index (χ0) is 11.4. The van der Waals surface area contributed by atoms with Gasteiger partial charge in [0.2, 0.25) is 0 Å². The summed E-state index contributed by atoms with van der Waals surface area (Å²) in [4.78, 5) is 0. The van der Waals surface area contributed by atoms with Gasteiger partial charge in [0.1, 0.15) is 0 Å². The molecular weight excluding hydrogens is 202 g/mol. The number of ether oxygens (including phenoxy) is 1. The van der Waals surface area contributed by atoms with Gasteiger partial charge in [-0.05, 0) is 18.9 Å². The lowest BCUT2D eigenvalue weighted by Gasteiger charge is -2.18. The van der Waals surface area contributed by atoms with Crippen LogP contribution < -0.4 is 5.32 Å². The van der Waals surface area contributed by atoms with E-state index in [-0.39, 0.29) is 6.10 Å². The Labute approximate surface area is 96.4 Å². The average molecular weight is 221 g/mol. The summed E-state index contributed by atoms with van der Waals surface area (Å²) >= 11 is 0. The Morgan fingerprint density at radius 3 is 2.81 bits per heavy atom. The van der Waals surface area contributed by atoms with Gasteiger partial charge in [-0.25, -0.2) is 0 Å². The number of aliphatic hydroxyl groups excluding tert-OH is 1. The molecule has 3 atom stereocenters. The van der Waals surface area contributed by atoms with Crippen LogP contribution in [0, 0.1) is 0 Å². The molecule has 0 bridgehead atoms. The van der Waals surface area contributed by atoms with E-state index in [0.29, 0.717) is 12.6 Å². The van der Waals surface area contributed by atoms with Gasteiger partial charge in [0.05, 0.1) is 12.2 Å². The Morgan fingerprint density at radius 1 is 1.44 bits per heavy atom. The normalized spacial score (nSPS) is 26.9. The largest absolute Gasteiger partial charge is 0.387 e. The predicted molar refractivity (Wildman–Crippen MR) is 63.2 cm³/mol. The molecule has 1 heterocycles. The Morgan fingerprint density at radius 2 is 2.19 bits per heavy atom. The summed E-state index contributed by atoms with van der Waals surface area (Å²) in [6.07, 6.45) is 0.847. The smallest absolute Gasteiger partial charge is 0.0914 e. The highest BCUT2D eigenvalue weighted by molar-refractivity contribution is 5.17. The maximum Gasteiger partial charge on any atom is 0.0914 e. The quantitative estimate of drug-likeness (QED) is 0.809. The van der Waals surface area contributed by atoms with Crippen LogP contribution in [-0.4, -0.2) is 30.4 Å². The average Bonchev–Trinajstić information content (AvgIpc) is 2.73. The number of hydrogen-bond acceptors (Lipinski definition) is 3. The van der Waals surface area contributed by atoms with Gasteiger partial charge < -0.3 is 15.2 Å². The van der Waals surface area contributed by atoms with E-state index in [0.717, 1.165) is 18.6 Å². The lowest BCUT2D eigenvalue weighted by atomic mass is 10.1. The van der Waals surface area contributed by atoms with Crippen LogP contribution in [0.5, 0.6) is 0 Å². The van der Waals surface area contributed by atoms with Crippen molar-refractivity contribution in [1.29, 1.82) is 0 Å². The second kappa shape index (κ2) is 5.43. The number of benzene rings is 1. The summed E-state index contributed by atoms with van der Waals surface area (Å²) in [6.45, 7) is 3.47. The van der Waals surface area contributed by atoms with Crippen LogP contribution in [0.15, 0.2) is 30.3 Å². The van der Waals surface area contributed by atoms with Crippen molar-refractivity contribution < 1.29 is 9.84 Å². The Balaban J connectivity index is 1.82. The highest BCUT2D eigenvalue weighted by Crippen LogP contribution is 2.15. The van der Waals surface area contributed by atoms with Crippen LogP contribution in [0.4, 0.5) is 0 Å². The van der Waals surface area contributed by atoms with Crippen LogP contribution in [0.2, 0.25) is 0 Å². The molecule has 0 aliphatic carbocycles. The first-order chi connectivity index (χ1) is 7.77. The fourth-order valence-corrected chi connectivity index (χ4v) is 2.06. The number of aliphatic hydroxyl groups is 1. The molecular formula is C13H19NO2. The van der Waals surface area contributed by atoms with E-state index in [1.54, 1.807) is 0 Å². The van der Waals surface area contributed by atoms with E-state index in [9.17, 15) is 5.11 Å². The molecule has 1 fully saturated rings. The molecule has 16 heavy (non-hydrogen) atoms. The first kappa shape index (κ1) is 11.6. The van der Waals surface area contributed by atoms with Gasteiger partial charge in [0, 0.05) is 19.2 Å². The van der Waals surface area contributed by atoms with Crippen molar-refractivity contribution in [1.82, 2.24) is 5.32 Å². The third kappa shape index (κ3) is 2.82. The highest BCUT2D eigenvalue weighted by atomic mass is 16.5. The third-order valence-electron chi connectivity index (χ3n) is 3.13. The molecule has 0 aromatic heterocycles. The Bertz CT molecular complexity index is 315. The van der Waals surface area contributed by atoms with Crippen molar-refractivity contribution in [2.45, 2.75) is 31.6 Å². The second-order valence-electron chi connectivity index (χ2n) is 4.31. The van der Waals surface area contributed by atoms with Crippen LogP contribution in [0.3, 0.4) is 0 Å². The zero-order valence-electron chi connectivity index (χ0n) is 9.60. The molecule has 0 saturated carbocycles. The monoisotopic (exact) mass is 221 g/mol. The van der Waals surface area contributed by atoms with E-state index in [1.165, 1.54) is 0 Å². The summed E-state index contributed by atoms with van der Waals surface area (Å²) in [5.74, 6) is 0. The van der Waals surface area contributed by atoms with Gasteiger partial charge >= 0.3 is 0 Å². The molecule has 3 unspecified atom stereocenters. The van der Waals surface area contributed by atoms with E-state index < -0.39 is 6.10 Å². The summed E-state index contributed by atoms with van der Waals surface area (Å²) in [5, 5.41) is 13.3. The summed E-state index contributed by atoms with van der Waals surface area (Å²) in [6, 6.07) is 10.1. The second-order valence-corrected chi connectivity index (χ2v) is 4.31. The number of nitrogens with one attached hydrogen (secondary N) is 1. The molecule has 2 rings (SSSR count). The van der Waals surface area contributed by atoms with Crippen molar-refractivity contribution in [2.24, 2.45) is 0 Å². The Hall–Kier alpha value is -0.900. The predicted octanol–water partition coefficient (Wildman–Crippen LogP) is 1.49. The van der Waals surface area contributed by atoms with Gasteiger partial charge in [-0.1, -0.05) is 30.3 Å². The minimum absolute atomic E-state index is 0.253. The van der Waals surface area contributed by atoms with E-state index >= 15 is 0 Å². The first-order valence-electron chi connectivity index (χ1n) is 5.85. The minimum atomic E-state index is -0.436. The maximum absolute atomic E-state index is 9.96. The molecule has 3 nitrogen and oxygen atoms in total. The van der Waals surface area contributed by atoms with Crippen LogP contribution in [0.1, 0.15) is 25.0 Å². The summed E-state index contributed by atoms with van der Waals surface area (Å²) in [7, 11) is 0. The van der Waals surface area contributed by atoms with E-state index in [1.807, 2.05) is 30.3 Å². The minimum Gasteiger partial charge on any atom is -0.387 e. The molecule has 1 aliphatic rings. The molecule has 1 aliphatic heterocycles. The topological polar surface area (TPSA) is 41.5 Å². The van der Waals surface area contributed by atoms with Gasteiger partial charge in [-0.15, -0.1) is 0 Å². The van der Waals surface area contributed by atoms with Gasteiger partial charge in [0.15, 0.2) is 0 Å². The summed E-state index contributed by atoms with van der Waals surface area (Å²) < 4.78 is 5.46. The van der Waals surface area contributed by atoms with Crippen molar-refractivity contribution in [3.8, 4) is 0 Å². The lowest BCUT2D eigenvalue weighted by molar-refractivity contribution is 0.107. The maximum atomic E-state index is 9.96. The van der Waals surface area contributed by atoms with Gasteiger partial charge in [-0.3, -0.25) is 0 Å². The van der Waals surface area contributed by atoms with E-state index in [2.05, 4.69) is 12.2 Å². The fraction of sp³-hybridized carbons (Fsp3) is 0.538. The van der Waals surface area contributed by atoms with Crippen molar-refractivity contribution in [3.63, 3.8) is 0 Å². The molecule has 3 heteroatoms. The van der Waals surface area contributed by atoms with Crippen LogP contribution in [0.25, 0.3) is 0 Å². The molecule has 1 aromatic carbocycles. The van der Waals surface area contributed by atoms with Gasteiger partial charge in [-0.2, -0.15) is 0 Å². The van der Waals surface area contributed by atoms with E-state index in [4.69, 9.17) is 4.74 Å². The fourth-order valence-electron chi connectivity index (χ4n) is 2.06. The molecule has 0 radical (unpaired) electrons. The molecule has 1 saturated heterocycles. The van der Waals surface area contributed by atoms with Crippen LogP contribution in [-0.2, 0) is 4.74 Å². The zero-order valence-corrected chi connectivity index (χ0v) is 9.60. The van der Waals surface area contributed by atoms with Crippen molar-refractivity contribution in [2.75, 3.05) is 13.2 Å². The van der Waals surface area contributed by atoms with Gasteiger partial charge in [0.25, 0.3) is 0 Å². The molecule has 88 valence electrons. The van der Waals surface area contributed by atoms with Crippen LogP contribution >= 0.6 is 0 Å².